The molecular weight excluding hydrogens is 352 g/mol. The van der Waals surface area contributed by atoms with E-state index in [1.807, 2.05) is 12.1 Å². The van der Waals surface area contributed by atoms with Gasteiger partial charge in [0.15, 0.2) is 5.75 Å². The topological polar surface area (TPSA) is 33.3 Å². The third-order valence-electron chi connectivity index (χ3n) is 3.61. The minimum atomic E-state index is 0.668. The van der Waals surface area contributed by atoms with Crippen molar-refractivity contribution in [2.75, 3.05) is 24.3 Å². The van der Waals surface area contributed by atoms with Crippen LogP contribution in [0.3, 0.4) is 0 Å². The van der Waals surface area contributed by atoms with Gasteiger partial charge in [0, 0.05) is 23.8 Å². The summed E-state index contributed by atoms with van der Waals surface area (Å²) < 4.78 is 6.27. The van der Waals surface area contributed by atoms with E-state index in [4.69, 9.17) is 16.3 Å². The Morgan fingerprint density at radius 1 is 1.38 bits per heavy atom. The fraction of sp³-hybridized carbons (Fsp3) is 0.250. The van der Waals surface area contributed by atoms with Gasteiger partial charge in [0.25, 0.3) is 0 Å². The second-order valence-corrected chi connectivity index (χ2v) is 6.24. The molecule has 0 aromatic heterocycles. The minimum Gasteiger partial charge on any atom is -0.493 e. The van der Waals surface area contributed by atoms with Gasteiger partial charge in [0.2, 0.25) is 0 Å². The third-order valence-corrected chi connectivity index (χ3v) is 4.42. The van der Waals surface area contributed by atoms with E-state index in [1.165, 1.54) is 16.8 Å². The number of para-hydroxylation sites is 1. The molecule has 5 heteroatoms. The zero-order valence-electron chi connectivity index (χ0n) is 11.7. The molecule has 2 aromatic carbocycles. The van der Waals surface area contributed by atoms with Crippen LogP contribution in [0.1, 0.15) is 11.1 Å². The first kappa shape index (κ1) is 14.5. The van der Waals surface area contributed by atoms with E-state index in [-0.39, 0.29) is 0 Å². The first-order valence-corrected chi connectivity index (χ1v) is 7.97. The molecule has 1 aliphatic heterocycles. The lowest BCUT2D eigenvalue weighted by molar-refractivity contribution is 0.414. The van der Waals surface area contributed by atoms with Crippen molar-refractivity contribution in [2.45, 2.75) is 13.0 Å². The zero-order valence-corrected chi connectivity index (χ0v) is 14.0. The fourth-order valence-corrected chi connectivity index (χ4v) is 3.62. The van der Waals surface area contributed by atoms with Gasteiger partial charge >= 0.3 is 0 Å². The summed E-state index contributed by atoms with van der Waals surface area (Å²) in [5.74, 6) is 0.764. The van der Waals surface area contributed by atoms with Crippen LogP contribution in [0, 0.1) is 0 Å². The number of anilines is 2. The first-order valence-electron chi connectivity index (χ1n) is 6.80. The first-order chi connectivity index (χ1) is 10.2. The van der Waals surface area contributed by atoms with Gasteiger partial charge < -0.3 is 15.4 Å². The number of benzene rings is 2. The van der Waals surface area contributed by atoms with E-state index < -0.39 is 0 Å². The molecule has 0 saturated carbocycles. The Balaban J connectivity index is 1.84. The van der Waals surface area contributed by atoms with Gasteiger partial charge in [0.05, 0.1) is 17.3 Å². The smallest absolute Gasteiger partial charge is 0.156 e. The van der Waals surface area contributed by atoms with Crippen molar-refractivity contribution in [1.29, 1.82) is 0 Å². The molecule has 110 valence electrons. The summed E-state index contributed by atoms with van der Waals surface area (Å²) in [6.45, 7) is 1.73. The highest BCUT2D eigenvalue weighted by atomic mass is 79.9. The number of methoxy groups -OCH3 is 1. The number of ether oxygens (including phenoxy) is 1. The molecular formula is C16H16BrClN2O. The van der Waals surface area contributed by atoms with Crippen LogP contribution in [0.5, 0.6) is 5.75 Å². The van der Waals surface area contributed by atoms with Crippen molar-refractivity contribution in [2.24, 2.45) is 0 Å². The van der Waals surface area contributed by atoms with Crippen molar-refractivity contribution in [3.8, 4) is 5.75 Å². The lowest BCUT2D eigenvalue weighted by Crippen LogP contribution is -2.04. The van der Waals surface area contributed by atoms with Gasteiger partial charge in [-0.25, -0.2) is 0 Å². The molecule has 2 N–H and O–H groups in total. The number of hydrogen-bond donors (Lipinski definition) is 2. The van der Waals surface area contributed by atoms with Gasteiger partial charge in [-0.1, -0.05) is 29.8 Å². The number of fused-ring (bicyclic) bond motifs is 1. The largest absolute Gasteiger partial charge is 0.493 e. The Morgan fingerprint density at radius 2 is 2.24 bits per heavy atom. The number of halogens is 2. The molecule has 1 heterocycles. The summed E-state index contributed by atoms with van der Waals surface area (Å²) in [5, 5.41) is 7.53. The van der Waals surface area contributed by atoms with Crippen LogP contribution < -0.4 is 15.4 Å². The van der Waals surface area contributed by atoms with Crippen LogP contribution >= 0.6 is 27.5 Å². The van der Waals surface area contributed by atoms with Crippen molar-refractivity contribution in [3.05, 3.63) is 51.0 Å². The van der Waals surface area contributed by atoms with E-state index in [1.54, 1.807) is 7.11 Å². The second kappa shape index (κ2) is 6.16. The Hall–Kier alpha value is -1.39. The number of hydrogen-bond acceptors (Lipinski definition) is 3. The monoisotopic (exact) mass is 366 g/mol. The second-order valence-electron chi connectivity index (χ2n) is 4.95. The van der Waals surface area contributed by atoms with Gasteiger partial charge in [-0.2, -0.15) is 0 Å². The predicted molar refractivity (Wildman–Crippen MR) is 91.7 cm³/mol. The van der Waals surface area contributed by atoms with E-state index in [2.05, 4.69) is 44.8 Å². The average Bonchev–Trinajstić information content (AvgIpc) is 2.93. The van der Waals surface area contributed by atoms with E-state index >= 15 is 0 Å². The molecule has 0 saturated heterocycles. The standard InChI is InChI=1S/C16H16BrClN2O/c1-21-16-13(17)7-12(18)8-14(16)20-9-11-4-2-3-10-5-6-19-15(10)11/h2-4,7-8,19-20H,5-6,9H2,1H3. The van der Waals surface area contributed by atoms with E-state index in [0.717, 1.165) is 35.4 Å². The quantitative estimate of drug-likeness (QED) is 0.822. The highest BCUT2D eigenvalue weighted by Gasteiger charge is 2.14. The summed E-state index contributed by atoms with van der Waals surface area (Å²) >= 11 is 9.59. The summed E-state index contributed by atoms with van der Waals surface area (Å²) in [4.78, 5) is 0. The van der Waals surface area contributed by atoms with Gasteiger partial charge in [0.1, 0.15) is 0 Å². The Kier molecular flexibility index (Phi) is 4.27. The molecule has 0 atom stereocenters. The maximum atomic E-state index is 6.12. The predicted octanol–water partition coefficient (Wildman–Crippen LogP) is 4.69. The molecule has 0 unspecified atom stereocenters. The summed E-state index contributed by atoms with van der Waals surface area (Å²) in [5.41, 5.74) is 4.77. The van der Waals surface area contributed by atoms with Crippen molar-refractivity contribution < 1.29 is 4.74 Å². The molecule has 0 radical (unpaired) electrons. The molecule has 0 bridgehead atoms. The van der Waals surface area contributed by atoms with Crippen LogP contribution in [-0.4, -0.2) is 13.7 Å². The Bertz CT molecular complexity index is 676. The maximum absolute atomic E-state index is 6.12. The van der Waals surface area contributed by atoms with Gasteiger partial charge in [-0.15, -0.1) is 0 Å². The lowest BCUT2D eigenvalue weighted by Gasteiger charge is -2.15. The zero-order chi connectivity index (χ0) is 14.8. The van der Waals surface area contributed by atoms with Crippen molar-refractivity contribution in [3.63, 3.8) is 0 Å². The Morgan fingerprint density at radius 3 is 3.05 bits per heavy atom. The molecule has 0 aliphatic carbocycles. The van der Waals surface area contributed by atoms with Gasteiger partial charge in [-0.3, -0.25) is 0 Å². The van der Waals surface area contributed by atoms with E-state index in [0.29, 0.717) is 5.02 Å². The average molecular weight is 368 g/mol. The van der Waals surface area contributed by atoms with Gasteiger partial charge in [-0.05, 0) is 45.6 Å². The van der Waals surface area contributed by atoms with Crippen molar-refractivity contribution >= 4 is 38.9 Å². The molecule has 0 fully saturated rings. The summed E-state index contributed by atoms with van der Waals surface area (Å²) in [7, 11) is 1.65. The molecule has 0 spiro atoms. The molecule has 1 aliphatic rings. The SMILES string of the molecule is COc1c(Br)cc(Cl)cc1NCc1cccc2c1NCC2. The lowest BCUT2D eigenvalue weighted by atomic mass is 10.1. The van der Waals surface area contributed by atoms with Crippen LogP contribution in [0.15, 0.2) is 34.8 Å². The fourth-order valence-electron chi connectivity index (χ4n) is 2.65. The van der Waals surface area contributed by atoms with Crippen LogP contribution in [0.2, 0.25) is 5.02 Å². The number of nitrogens with one attached hydrogen (secondary N) is 2. The summed E-state index contributed by atoms with van der Waals surface area (Å²) in [6.07, 6.45) is 1.09. The molecule has 3 rings (SSSR count). The summed E-state index contributed by atoms with van der Waals surface area (Å²) in [6, 6.07) is 10.1. The van der Waals surface area contributed by atoms with Crippen LogP contribution in [0.4, 0.5) is 11.4 Å². The molecule has 0 amide bonds. The normalized spacial score (nSPS) is 12.7. The highest BCUT2D eigenvalue weighted by Crippen LogP contribution is 2.37. The molecule has 2 aromatic rings. The van der Waals surface area contributed by atoms with Crippen LogP contribution in [0.25, 0.3) is 0 Å². The highest BCUT2D eigenvalue weighted by molar-refractivity contribution is 9.10. The van der Waals surface area contributed by atoms with Crippen LogP contribution in [-0.2, 0) is 13.0 Å². The molecule has 3 nitrogen and oxygen atoms in total. The number of rotatable bonds is 4. The minimum absolute atomic E-state index is 0.668. The van der Waals surface area contributed by atoms with Crippen molar-refractivity contribution in [1.82, 2.24) is 0 Å². The Labute approximate surface area is 137 Å². The molecule has 21 heavy (non-hydrogen) atoms. The van der Waals surface area contributed by atoms with E-state index in [9.17, 15) is 0 Å². The maximum Gasteiger partial charge on any atom is 0.156 e. The third kappa shape index (κ3) is 2.97.